The summed E-state index contributed by atoms with van der Waals surface area (Å²) >= 11 is 11.8. The van der Waals surface area contributed by atoms with Gasteiger partial charge in [0.05, 0.1) is 21.5 Å². The molecule has 2 rings (SSSR count). The van der Waals surface area contributed by atoms with Crippen molar-refractivity contribution >= 4 is 46.7 Å². The molecule has 1 aromatic carbocycles. The maximum Gasteiger partial charge on any atom is 0.332 e. The number of hydrogen-bond acceptors (Lipinski definition) is 4. The molecule has 146 valence electrons. The number of aliphatic carboxylic acids is 2. The molecule has 1 aliphatic heterocycles. The van der Waals surface area contributed by atoms with Crippen LogP contribution in [0.2, 0.25) is 10.0 Å². The van der Waals surface area contributed by atoms with Gasteiger partial charge in [-0.15, -0.1) is 0 Å². The number of carbonyl (C=O) groups excluding carboxylic acids is 1. The summed E-state index contributed by atoms with van der Waals surface area (Å²) < 4.78 is 0. The second-order valence-electron chi connectivity index (χ2n) is 6.48. The van der Waals surface area contributed by atoms with E-state index in [9.17, 15) is 19.5 Å². The van der Waals surface area contributed by atoms with E-state index < -0.39 is 29.3 Å². The maximum absolute atomic E-state index is 12.9. The highest BCUT2D eigenvalue weighted by atomic mass is 35.5. The van der Waals surface area contributed by atoms with Crippen LogP contribution in [0.1, 0.15) is 12.8 Å². The fourth-order valence-corrected chi connectivity index (χ4v) is 3.48. The molecule has 0 saturated carbocycles. The lowest BCUT2D eigenvalue weighted by Gasteiger charge is -2.33. The molecular weight excluding hydrogens is 395 g/mol. The molecule has 0 bridgehead atoms. The van der Waals surface area contributed by atoms with Gasteiger partial charge in [-0.25, -0.2) is 9.59 Å². The van der Waals surface area contributed by atoms with E-state index in [1.807, 2.05) is 7.05 Å². The Morgan fingerprint density at radius 1 is 1.19 bits per heavy atom. The first-order valence-corrected chi connectivity index (χ1v) is 9.07. The van der Waals surface area contributed by atoms with E-state index in [1.165, 1.54) is 12.1 Å². The summed E-state index contributed by atoms with van der Waals surface area (Å²) in [6.07, 6.45) is 1.76. The van der Waals surface area contributed by atoms with Gasteiger partial charge in [-0.2, -0.15) is 0 Å². The third-order valence-electron chi connectivity index (χ3n) is 4.57. The zero-order valence-corrected chi connectivity index (χ0v) is 16.1. The monoisotopic (exact) mass is 414 g/mol. The molecular formula is C18H20Cl2N2O5. The van der Waals surface area contributed by atoms with Gasteiger partial charge in [0, 0.05) is 11.8 Å². The molecule has 0 radical (unpaired) electrons. The molecule has 0 aromatic heterocycles. The van der Waals surface area contributed by atoms with Gasteiger partial charge in [-0.1, -0.05) is 23.2 Å². The van der Waals surface area contributed by atoms with Crippen LogP contribution in [0.4, 0.5) is 5.69 Å². The Balaban J connectivity index is 2.34. The normalized spacial score (nSPS) is 17.4. The van der Waals surface area contributed by atoms with Gasteiger partial charge in [0.1, 0.15) is 0 Å². The minimum Gasteiger partial charge on any atom is -0.478 e. The Morgan fingerprint density at radius 3 is 2.33 bits per heavy atom. The van der Waals surface area contributed by atoms with Crippen LogP contribution in [0.25, 0.3) is 0 Å². The molecule has 3 N–H and O–H groups in total. The highest BCUT2D eigenvalue weighted by Gasteiger charge is 2.37. The van der Waals surface area contributed by atoms with Gasteiger partial charge in [-0.3, -0.25) is 4.79 Å². The van der Waals surface area contributed by atoms with Gasteiger partial charge < -0.3 is 20.4 Å². The zero-order chi connectivity index (χ0) is 20.1. The fourth-order valence-electron chi connectivity index (χ4n) is 3.18. The van der Waals surface area contributed by atoms with Crippen molar-refractivity contribution < 1.29 is 24.6 Å². The topological polar surface area (TPSA) is 107 Å². The summed E-state index contributed by atoms with van der Waals surface area (Å²) in [7, 11) is 1.94. The molecule has 1 heterocycles. The predicted octanol–water partition coefficient (Wildman–Crippen LogP) is 2.99. The van der Waals surface area contributed by atoms with Crippen LogP contribution in [-0.2, 0) is 14.4 Å². The third-order valence-corrected chi connectivity index (χ3v) is 5.30. The van der Waals surface area contributed by atoms with Gasteiger partial charge in [0.25, 0.3) is 0 Å². The molecule has 0 aliphatic carbocycles. The van der Waals surface area contributed by atoms with E-state index >= 15 is 0 Å². The average Bonchev–Trinajstić information content (AvgIpc) is 2.58. The Labute approximate surface area is 166 Å². The van der Waals surface area contributed by atoms with Gasteiger partial charge in [0.2, 0.25) is 5.91 Å². The molecule has 7 nitrogen and oxygen atoms in total. The SMILES string of the molecule is CN1CCC(C(C(=O)Nc2ccc(Cl)c(Cl)c2)/C(=C\C(=O)O)C(=O)O)CC1. The lowest BCUT2D eigenvalue weighted by atomic mass is 9.79. The van der Waals surface area contributed by atoms with Crippen LogP contribution < -0.4 is 5.32 Å². The molecule has 1 aliphatic rings. The molecule has 1 fully saturated rings. The van der Waals surface area contributed by atoms with E-state index in [0.717, 1.165) is 0 Å². The van der Waals surface area contributed by atoms with Gasteiger partial charge >= 0.3 is 11.9 Å². The molecule has 9 heteroatoms. The number of amides is 1. The van der Waals surface area contributed by atoms with Crippen LogP contribution in [0.3, 0.4) is 0 Å². The standard InChI is InChI=1S/C18H20Cl2N2O5/c1-22-6-4-10(5-7-22)16(12(18(26)27)9-15(23)24)17(25)21-11-2-3-13(19)14(20)8-11/h2-3,8-10,16H,4-7H2,1H3,(H,21,25)(H,23,24)(H,26,27)/b12-9+. The summed E-state index contributed by atoms with van der Waals surface area (Å²) in [5.41, 5.74) is -0.0815. The Hall–Kier alpha value is -2.09. The van der Waals surface area contributed by atoms with Crippen molar-refractivity contribution in [2.75, 3.05) is 25.5 Å². The van der Waals surface area contributed by atoms with Crippen molar-refractivity contribution in [2.45, 2.75) is 12.8 Å². The number of carboxylic acid groups (broad SMARTS) is 2. The largest absolute Gasteiger partial charge is 0.478 e. The summed E-state index contributed by atoms with van der Waals surface area (Å²) in [4.78, 5) is 37.8. The molecule has 1 saturated heterocycles. The summed E-state index contributed by atoms with van der Waals surface area (Å²) in [5.74, 6) is -4.80. The first kappa shape index (κ1) is 21.2. The van der Waals surface area contributed by atoms with Crippen molar-refractivity contribution in [1.82, 2.24) is 4.90 Å². The number of nitrogens with zero attached hydrogens (tertiary/aromatic N) is 1. The van der Waals surface area contributed by atoms with Crippen LogP contribution in [0.5, 0.6) is 0 Å². The van der Waals surface area contributed by atoms with Crippen molar-refractivity contribution in [3.8, 4) is 0 Å². The molecule has 1 amide bonds. The molecule has 1 atom stereocenters. The van der Waals surface area contributed by atoms with Gasteiger partial charge in [-0.05, 0) is 57.1 Å². The Kier molecular flexibility index (Phi) is 7.24. The number of piperidine rings is 1. The lowest BCUT2D eigenvalue weighted by Crippen LogP contribution is -2.40. The molecule has 0 spiro atoms. The van der Waals surface area contributed by atoms with E-state index in [4.69, 9.17) is 28.3 Å². The van der Waals surface area contributed by atoms with Crippen LogP contribution in [0.15, 0.2) is 29.8 Å². The highest BCUT2D eigenvalue weighted by Crippen LogP contribution is 2.32. The van der Waals surface area contributed by atoms with Crippen LogP contribution >= 0.6 is 23.2 Å². The smallest absolute Gasteiger partial charge is 0.332 e. The number of rotatable bonds is 6. The number of benzene rings is 1. The number of carbonyl (C=O) groups is 3. The quantitative estimate of drug-likeness (QED) is 0.617. The van der Waals surface area contributed by atoms with Crippen molar-refractivity contribution in [1.29, 1.82) is 0 Å². The molecule has 27 heavy (non-hydrogen) atoms. The number of halogens is 2. The lowest BCUT2D eigenvalue weighted by molar-refractivity contribution is -0.137. The van der Waals surface area contributed by atoms with Crippen LogP contribution in [-0.4, -0.2) is 53.1 Å². The molecule has 1 unspecified atom stereocenters. The first-order chi connectivity index (χ1) is 12.7. The van der Waals surface area contributed by atoms with E-state index in [1.54, 1.807) is 6.07 Å². The van der Waals surface area contributed by atoms with Crippen molar-refractivity contribution in [3.63, 3.8) is 0 Å². The second kappa shape index (κ2) is 9.21. The average molecular weight is 415 g/mol. The fraction of sp³-hybridized carbons (Fsp3) is 0.389. The third kappa shape index (κ3) is 5.69. The first-order valence-electron chi connectivity index (χ1n) is 8.31. The second-order valence-corrected chi connectivity index (χ2v) is 7.29. The Morgan fingerprint density at radius 2 is 1.81 bits per heavy atom. The van der Waals surface area contributed by atoms with E-state index in [-0.39, 0.29) is 10.9 Å². The predicted molar refractivity (Wildman–Crippen MR) is 102 cm³/mol. The number of carboxylic acids is 2. The molecule has 1 aromatic rings. The maximum atomic E-state index is 12.9. The minimum atomic E-state index is -1.43. The van der Waals surface area contributed by atoms with E-state index in [0.29, 0.717) is 42.7 Å². The summed E-state index contributed by atoms with van der Waals surface area (Å²) in [6, 6.07) is 4.50. The minimum absolute atomic E-state index is 0.241. The highest BCUT2D eigenvalue weighted by molar-refractivity contribution is 6.42. The number of likely N-dealkylation sites (tertiary alicyclic amines) is 1. The van der Waals surface area contributed by atoms with Crippen molar-refractivity contribution in [2.24, 2.45) is 11.8 Å². The number of nitrogens with one attached hydrogen (secondary N) is 1. The van der Waals surface area contributed by atoms with Crippen molar-refractivity contribution in [3.05, 3.63) is 39.9 Å². The Bertz CT molecular complexity index is 773. The van der Waals surface area contributed by atoms with Crippen LogP contribution in [0, 0.1) is 11.8 Å². The van der Waals surface area contributed by atoms with E-state index in [2.05, 4.69) is 10.2 Å². The number of anilines is 1. The number of hydrogen-bond donors (Lipinski definition) is 3. The summed E-state index contributed by atoms with van der Waals surface area (Å²) in [6.45, 7) is 1.39. The summed E-state index contributed by atoms with van der Waals surface area (Å²) in [5, 5.41) is 21.8. The van der Waals surface area contributed by atoms with Gasteiger partial charge in [0.15, 0.2) is 0 Å². The zero-order valence-electron chi connectivity index (χ0n) is 14.6.